The summed E-state index contributed by atoms with van der Waals surface area (Å²) in [7, 11) is 0. The van der Waals surface area contributed by atoms with Crippen molar-refractivity contribution in [2.75, 3.05) is 13.1 Å². The van der Waals surface area contributed by atoms with Crippen LogP contribution in [0.3, 0.4) is 0 Å². The number of hydrogen-bond acceptors (Lipinski definition) is 3. The highest BCUT2D eigenvalue weighted by Gasteiger charge is 2.19. The average Bonchev–Trinajstić information content (AvgIpc) is 2.53. The predicted molar refractivity (Wildman–Crippen MR) is 55.9 cm³/mol. The van der Waals surface area contributed by atoms with Crippen molar-refractivity contribution in [3.63, 3.8) is 0 Å². The summed E-state index contributed by atoms with van der Waals surface area (Å²) < 4.78 is 2.08. The topological polar surface area (TPSA) is 31.9 Å². The van der Waals surface area contributed by atoms with E-state index in [1.165, 1.54) is 18.5 Å². The lowest BCUT2D eigenvalue weighted by atomic mass is 9.95. The first-order chi connectivity index (χ1) is 6.25. The number of aromatic nitrogens is 2. The Kier molecular flexibility index (Phi) is 2.60. The summed E-state index contributed by atoms with van der Waals surface area (Å²) in [6, 6.07) is 0. The summed E-state index contributed by atoms with van der Waals surface area (Å²) in [5.74, 6) is 1.67. The van der Waals surface area contributed by atoms with Crippen LogP contribution < -0.4 is 0 Å². The molecule has 1 aromatic heterocycles. The molecule has 0 spiro atoms. The van der Waals surface area contributed by atoms with Crippen LogP contribution in [0.2, 0.25) is 0 Å². The van der Waals surface area contributed by atoms with E-state index in [1.807, 2.05) is 13.1 Å². The molecule has 0 aromatic carbocycles. The van der Waals surface area contributed by atoms with E-state index in [0.29, 0.717) is 5.92 Å². The minimum Gasteiger partial charge on any atom is -0.346 e. The molecule has 2 heterocycles. The summed E-state index contributed by atoms with van der Waals surface area (Å²) in [6.45, 7) is 4.15. The maximum absolute atomic E-state index is 4.33. The largest absolute Gasteiger partial charge is 0.346 e. The van der Waals surface area contributed by atoms with Gasteiger partial charge in [0.2, 0.25) is 0 Å². The van der Waals surface area contributed by atoms with Crippen LogP contribution in [0.15, 0.2) is 6.20 Å². The fourth-order valence-electron chi connectivity index (χ4n) is 1.82. The Balaban J connectivity index is 2.02. The predicted octanol–water partition coefficient (Wildman–Crippen LogP) is 1.74. The van der Waals surface area contributed by atoms with Gasteiger partial charge in [0.05, 0.1) is 0 Å². The third kappa shape index (κ3) is 2.06. The van der Waals surface area contributed by atoms with Crippen molar-refractivity contribution in [2.24, 2.45) is 0 Å². The Morgan fingerprint density at radius 1 is 1.54 bits per heavy atom. The fourth-order valence-corrected chi connectivity index (χ4v) is 2.06. The van der Waals surface area contributed by atoms with Crippen LogP contribution in [0, 0.1) is 6.92 Å². The van der Waals surface area contributed by atoms with E-state index in [0.717, 1.165) is 18.9 Å². The lowest BCUT2D eigenvalue weighted by Gasteiger charge is -2.26. The molecule has 1 saturated heterocycles. The number of hydrogen-bond donors (Lipinski definition) is 2. The van der Waals surface area contributed by atoms with Gasteiger partial charge in [0.25, 0.3) is 0 Å². The SMILES string of the molecule is Cc1ncc(C2CCN(S)CC2)[nH]1. The van der Waals surface area contributed by atoms with Crippen molar-refractivity contribution in [3.05, 3.63) is 17.7 Å². The molecule has 2 rings (SSSR count). The molecule has 1 N–H and O–H groups in total. The summed E-state index contributed by atoms with van der Waals surface area (Å²) in [4.78, 5) is 7.53. The van der Waals surface area contributed by atoms with Gasteiger partial charge in [-0.15, -0.1) is 0 Å². The van der Waals surface area contributed by atoms with Crippen molar-refractivity contribution >= 4 is 12.8 Å². The highest BCUT2D eigenvalue weighted by molar-refractivity contribution is 7.77. The Hall–Kier alpha value is -0.480. The van der Waals surface area contributed by atoms with E-state index < -0.39 is 0 Å². The molecule has 0 amide bonds. The molecular formula is C9H15N3S. The zero-order valence-corrected chi connectivity index (χ0v) is 8.72. The van der Waals surface area contributed by atoms with Crippen LogP contribution in [0.5, 0.6) is 0 Å². The van der Waals surface area contributed by atoms with Gasteiger partial charge in [0.1, 0.15) is 5.82 Å². The lowest BCUT2D eigenvalue weighted by molar-refractivity contribution is 0.346. The highest BCUT2D eigenvalue weighted by atomic mass is 32.1. The first-order valence-corrected chi connectivity index (χ1v) is 5.11. The fraction of sp³-hybridized carbons (Fsp3) is 0.667. The maximum atomic E-state index is 4.33. The molecule has 4 heteroatoms. The molecule has 0 saturated carbocycles. The Labute approximate surface area is 84.1 Å². The van der Waals surface area contributed by atoms with Gasteiger partial charge < -0.3 is 4.98 Å². The van der Waals surface area contributed by atoms with E-state index in [-0.39, 0.29) is 0 Å². The molecule has 1 fully saturated rings. The van der Waals surface area contributed by atoms with Crippen molar-refractivity contribution in [3.8, 4) is 0 Å². The standard InChI is InChI=1S/C9H15N3S/c1-7-10-6-9(11-7)8-2-4-12(13)5-3-8/h6,8,13H,2-5H2,1H3,(H,10,11). The summed E-state index contributed by atoms with van der Waals surface area (Å²) in [5.41, 5.74) is 1.29. The van der Waals surface area contributed by atoms with Crippen molar-refractivity contribution in [1.82, 2.24) is 14.3 Å². The van der Waals surface area contributed by atoms with E-state index in [9.17, 15) is 0 Å². The number of thiol groups is 1. The van der Waals surface area contributed by atoms with Gasteiger partial charge >= 0.3 is 0 Å². The zero-order chi connectivity index (χ0) is 9.26. The Bertz CT molecular complexity index is 276. The van der Waals surface area contributed by atoms with Gasteiger partial charge in [-0.25, -0.2) is 4.98 Å². The van der Waals surface area contributed by atoms with Crippen molar-refractivity contribution in [2.45, 2.75) is 25.7 Å². The van der Waals surface area contributed by atoms with E-state index >= 15 is 0 Å². The molecule has 0 atom stereocenters. The summed E-state index contributed by atoms with van der Waals surface area (Å²) >= 11 is 4.33. The second-order valence-corrected chi connectivity index (χ2v) is 4.22. The van der Waals surface area contributed by atoms with Crippen LogP contribution in [-0.2, 0) is 0 Å². The van der Waals surface area contributed by atoms with Crippen LogP contribution in [0.4, 0.5) is 0 Å². The highest BCUT2D eigenvalue weighted by Crippen LogP contribution is 2.26. The smallest absolute Gasteiger partial charge is 0.103 e. The second kappa shape index (κ2) is 3.72. The normalized spacial score (nSPS) is 20.8. The van der Waals surface area contributed by atoms with Crippen LogP contribution in [0.1, 0.15) is 30.3 Å². The van der Waals surface area contributed by atoms with Crippen molar-refractivity contribution in [1.29, 1.82) is 0 Å². The Morgan fingerprint density at radius 2 is 2.23 bits per heavy atom. The summed E-state index contributed by atoms with van der Waals surface area (Å²) in [5, 5.41) is 0. The van der Waals surface area contributed by atoms with Gasteiger partial charge in [0, 0.05) is 30.9 Å². The van der Waals surface area contributed by atoms with Crippen LogP contribution in [0.25, 0.3) is 0 Å². The zero-order valence-electron chi connectivity index (χ0n) is 7.82. The maximum Gasteiger partial charge on any atom is 0.103 e. The minimum absolute atomic E-state index is 0.657. The molecule has 0 aliphatic carbocycles. The molecule has 0 radical (unpaired) electrons. The van der Waals surface area contributed by atoms with Crippen molar-refractivity contribution < 1.29 is 0 Å². The molecule has 13 heavy (non-hydrogen) atoms. The second-order valence-electron chi connectivity index (χ2n) is 3.65. The summed E-state index contributed by atoms with van der Waals surface area (Å²) in [6.07, 6.45) is 4.34. The molecule has 0 bridgehead atoms. The third-order valence-electron chi connectivity index (χ3n) is 2.63. The third-order valence-corrected chi connectivity index (χ3v) is 3.03. The number of nitrogens with one attached hydrogen (secondary N) is 1. The molecule has 1 aromatic rings. The molecule has 72 valence electrons. The van der Waals surface area contributed by atoms with Gasteiger partial charge in [-0.1, -0.05) is 12.8 Å². The number of nitrogens with zero attached hydrogens (tertiary/aromatic N) is 2. The van der Waals surface area contributed by atoms with Crippen LogP contribution >= 0.6 is 12.8 Å². The molecular weight excluding hydrogens is 182 g/mol. The number of imidazole rings is 1. The number of piperidine rings is 1. The van der Waals surface area contributed by atoms with Gasteiger partial charge in [-0.3, -0.25) is 4.31 Å². The van der Waals surface area contributed by atoms with Crippen LogP contribution in [-0.4, -0.2) is 27.4 Å². The van der Waals surface area contributed by atoms with Gasteiger partial charge in [-0.2, -0.15) is 0 Å². The number of aromatic amines is 1. The van der Waals surface area contributed by atoms with E-state index in [2.05, 4.69) is 27.1 Å². The Morgan fingerprint density at radius 3 is 2.77 bits per heavy atom. The number of aryl methyl sites for hydroxylation is 1. The quantitative estimate of drug-likeness (QED) is 0.672. The molecule has 3 nitrogen and oxygen atoms in total. The number of H-pyrrole nitrogens is 1. The minimum atomic E-state index is 0.657. The van der Waals surface area contributed by atoms with E-state index in [1.54, 1.807) is 0 Å². The molecule has 1 aliphatic rings. The average molecular weight is 197 g/mol. The monoisotopic (exact) mass is 197 g/mol. The number of rotatable bonds is 1. The first-order valence-electron chi connectivity index (χ1n) is 4.71. The lowest BCUT2D eigenvalue weighted by Crippen LogP contribution is -2.25. The van der Waals surface area contributed by atoms with Gasteiger partial charge in [-0.05, 0) is 19.8 Å². The first kappa shape index (κ1) is 9.09. The van der Waals surface area contributed by atoms with E-state index in [4.69, 9.17) is 0 Å². The molecule has 0 unspecified atom stereocenters. The van der Waals surface area contributed by atoms with Gasteiger partial charge in [0.15, 0.2) is 0 Å². The molecule has 1 aliphatic heterocycles.